The quantitative estimate of drug-likeness (QED) is 0.333. The summed E-state index contributed by atoms with van der Waals surface area (Å²) >= 11 is 6.62. The molecule has 0 fully saturated rings. The number of hydrogen-bond donors (Lipinski definition) is 1. The van der Waals surface area contributed by atoms with Crippen LogP contribution in [-0.2, 0) is 9.53 Å². The van der Waals surface area contributed by atoms with Gasteiger partial charge < -0.3 is 14.6 Å². The van der Waals surface area contributed by atoms with Crippen molar-refractivity contribution in [1.82, 2.24) is 4.57 Å². The van der Waals surface area contributed by atoms with E-state index in [2.05, 4.69) is 20.9 Å². The molecule has 2 aromatic carbocycles. The van der Waals surface area contributed by atoms with E-state index in [-0.39, 0.29) is 17.9 Å². The minimum atomic E-state index is -0.685. The Morgan fingerprint density at radius 1 is 1.32 bits per heavy atom. The molecule has 0 amide bonds. The second-order valence-electron chi connectivity index (χ2n) is 7.41. The predicted octanol–water partition coefficient (Wildman–Crippen LogP) is 3.88. The van der Waals surface area contributed by atoms with Crippen molar-refractivity contribution in [2.75, 3.05) is 13.7 Å². The maximum atomic E-state index is 13.6. The second-order valence-corrected chi connectivity index (χ2v) is 10.4. The number of phenols is 1. The first-order valence-electron chi connectivity index (χ1n) is 10.3. The Bertz CT molecular complexity index is 1470. The molecule has 1 aromatic heterocycles. The Kier molecular flexibility index (Phi) is 7.29. The largest absolute Gasteiger partial charge is 0.506 e. The number of allylic oxidation sites excluding steroid dienone is 1. The molecule has 7 nitrogen and oxygen atoms in total. The zero-order valence-corrected chi connectivity index (χ0v) is 23.0. The summed E-state index contributed by atoms with van der Waals surface area (Å²) < 4.78 is 13.8. The van der Waals surface area contributed by atoms with Gasteiger partial charge in [0.2, 0.25) is 0 Å². The van der Waals surface area contributed by atoms with Crippen LogP contribution in [0.5, 0.6) is 11.5 Å². The first kappa shape index (κ1) is 24.7. The van der Waals surface area contributed by atoms with Gasteiger partial charge in [0.1, 0.15) is 11.5 Å². The zero-order valence-electron chi connectivity index (χ0n) is 18.5. The fraction of sp³-hybridized carbons (Fsp3) is 0.208. The molecule has 0 saturated carbocycles. The van der Waals surface area contributed by atoms with E-state index in [9.17, 15) is 14.7 Å². The topological polar surface area (TPSA) is 90.1 Å². The van der Waals surface area contributed by atoms with Crippen LogP contribution in [0.15, 0.2) is 61.9 Å². The van der Waals surface area contributed by atoms with Gasteiger partial charge in [-0.05, 0) is 93.8 Å². The monoisotopic (exact) mass is 654 g/mol. The van der Waals surface area contributed by atoms with Crippen LogP contribution in [-0.4, -0.2) is 29.4 Å². The fourth-order valence-corrected chi connectivity index (χ4v) is 6.26. The number of nitrogens with zero attached hydrogens (tertiary/aromatic N) is 2. The Morgan fingerprint density at radius 3 is 2.65 bits per heavy atom. The summed E-state index contributed by atoms with van der Waals surface area (Å²) in [5.74, 6) is 0.311. The van der Waals surface area contributed by atoms with E-state index in [1.807, 2.05) is 34.7 Å². The summed E-state index contributed by atoms with van der Waals surface area (Å²) in [5, 5.41) is 10.0. The molecule has 1 N–H and O–H groups in total. The third-order valence-corrected chi connectivity index (χ3v) is 7.70. The molecule has 2 heterocycles. The van der Waals surface area contributed by atoms with Crippen molar-refractivity contribution in [3.05, 3.63) is 86.5 Å². The first-order chi connectivity index (χ1) is 16.2. The van der Waals surface area contributed by atoms with Crippen molar-refractivity contribution in [3.63, 3.8) is 0 Å². The molecule has 0 radical (unpaired) electrons. The van der Waals surface area contributed by atoms with E-state index in [0.717, 1.165) is 11.1 Å². The lowest BCUT2D eigenvalue weighted by molar-refractivity contribution is -0.139. The standard InChI is InChI=1S/C24H20BrIN2O5S/c1-4-33-23(31)19-12(2)27-24-28(20(19)14-5-7-15(32-3)8-6-14)22(30)18(34-24)11-13-9-16(25)21(29)17(26)10-13/h5-11,20,29H,4H2,1-3H3/b18-11+/t20-/m0/s1. The lowest BCUT2D eigenvalue weighted by atomic mass is 9.96. The molecule has 1 aliphatic heterocycles. The molecule has 0 saturated heterocycles. The van der Waals surface area contributed by atoms with Crippen molar-refractivity contribution < 1.29 is 19.4 Å². The Balaban J connectivity index is 1.95. The van der Waals surface area contributed by atoms with Gasteiger partial charge in [0.05, 0.1) is 43.6 Å². The number of ether oxygens (including phenoxy) is 2. The highest BCUT2D eigenvalue weighted by atomic mass is 127. The van der Waals surface area contributed by atoms with Crippen LogP contribution >= 0.6 is 49.9 Å². The van der Waals surface area contributed by atoms with Crippen LogP contribution < -0.4 is 19.6 Å². The maximum Gasteiger partial charge on any atom is 0.338 e. The Hall–Kier alpha value is -2.44. The molecule has 0 unspecified atom stereocenters. The summed E-state index contributed by atoms with van der Waals surface area (Å²) in [6, 6.07) is 10.1. The summed E-state index contributed by atoms with van der Waals surface area (Å²) in [4.78, 5) is 31.6. The molecule has 1 aliphatic rings. The number of phenolic OH excluding ortho intramolecular Hbond substituents is 1. The van der Waals surface area contributed by atoms with E-state index in [1.54, 1.807) is 51.3 Å². The summed E-state index contributed by atoms with van der Waals surface area (Å²) in [6.45, 7) is 3.70. The van der Waals surface area contributed by atoms with Crippen LogP contribution in [0.2, 0.25) is 0 Å². The fourth-order valence-electron chi connectivity index (χ4n) is 3.71. The summed E-state index contributed by atoms with van der Waals surface area (Å²) in [6.07, 6.45) is 1.75. The highest BCUT2D eigenvalue weighted by molar-refractivity contribution is 14.1. The van der Waals surface area contributed by atoms with Gasteiger partial charge in [-0.15, -0.1) is 0 Å². The van der Waals surface area contributed by atoms with Gasteiger partial charge in [0.15, 0.2) is 4.80 Å². The van der Waals surface area contributed by atoms with E-state index >= 15 is 0 Å². The predicted molar refractivity (Wildman–Crippen MR) is 142 cm³/mol. The van der Waals surface area contributed by atoms with Crippen molar-refractivity contribution in [3.8, 4) is 11.5 Å². The van der Waals surface area contributed by atoms with Crippen molar-refractivity contribution in [1.29, 1.82) is 0 Å². The van der Waals surface area contributed by atoms with Crippen molar-refractivity contribution in [2.45, 2.75) is 19.9 Å². The molecule has 34 heavy (non-hydrogen) atoms. The minimum Gasteiger partial charge on any atom is -0.506 e. The number of methoxy groups -OCH3 is 1. The van der Waals surface area contributed by atoms with Gasteiger partial charge in [-0.25, -0.2) is 9.79 Å². The van der Waals surface area contributed by atoms with Gasteiger partial charge in [-0.2, -0.15) is 0 Å². The normalized spacial score (nSPS) is 15.7. The van der Waals surface area contributed by atoms with Gasteiger partial charge in [-0.1, -0.05) is 23.5 Å². The molecular formula is C24H20BrIN2O5S. The lowest BCUT2D eigenvalue weighted by Gasteiger charge is -2.24. The number of fused-ring (bicyclic) bond motifs is 1. The number of rotatable bonds is 5. The number of thiazole rings is 1. The molecule has 10 heteroatoms. The van der Waals surface area contributed by atoms with Crippen LogP contribution in [0.1, 0.15) is 31.0 Å². The maximum absolute atomic E-state index is 13.6. The number of aromatic hydroxyl groups is 1. The van der Waals surface area contributed by atoms with Crippen LogP contribution in [0.3, 0.4) is 0 Å². The molecule has 0 aliphatic carbocycles. The van der Waals surface area contributed by atoms with Crippen molar-refractivity contribution >= 4 is 61.9 Å². The number of benzene rings is 2. The molecule has 3 aromatic rings. The van der Waals surface area contributed by atoms with Gasteiger partial charge >= 0.3 is 5.97 Å². The third kappa shape index (κ3) is 4.58. The lowest BCUT2D eigenvalue weighted by Crippen LogP contribution is -2.39. The number of halogens is 2. The highest BCUT2D eigenvalue weighted by Gasteiger charge is 2.33. The molecular weight excluding hydrogens is 635 g/mol. The smallest absolute Gasteiger partial charge is 0.338 e. The van der Waals surface area contributed by atoms with E-state index in [0.29, 0.717) is 34.4 Å². The summed E-state index contributed by atoms with van der Waals surface area (Å²) in [7, 11) is 1.58. The average molecular weight is 655 g/mol. The van der Waals surface area contributed by atoms with Crippen LogP contribution in [0.25, 0.3) is 6.08 Å². The third-order valence-electron chi connectivity index (χ3n) is 5.29. The minimum absolute atomic E-state index is 0.147. The molecule has 0 spiro atoms. The van der Waals surface area contributed by atoms with Crippen LogP contribution in [0.4, 0.5) is 0 Å². The Labute approximate surface area is 221 Å². The van der Waals surface area contributed by atoms with Gasteiger partial charge in [-0.3, -0.25) is 9.36 Å². The van der Waals surface area contributed by atoms with Crippen LogP contribution in [0, 0.1) is 3.57 Å². The number of aromatic nitrogens is 1. The number of carbonyl (C=O) groups is 1. The molecule has 176 valence electrons. The zero-order chi connectivity index (χ0) is 24.6. The number of carbonyl (C=O) groups excluding carboxylic acids is 1. The van der Waals surface area contributed by atoms with E-state index in [4.69, 9.17) is 9.47 Å². The van der Waals surface area contributed by atoms with E-state index in [1.165, 1.54) is 15.9 Å². The van der Waals surface area contributed by atoms with Gasteiger partial charge in [0.25, 0.3) is 5.56 Å². The Morgan fingerprint density at radius 2 is 2.03 bits per heavy atom. The first-order valence-corrected chi connectivity index (χ1v) is 13.0. The summed E-state index contributed by atoms with van der Waals surface area (Å²) in [5.41, 5.74) is 2.06. The SMILES string of the molecule is CCOC(=O)C1=C(C)N=c2s/c(=C/c3cc(Br)c(O)c(I)c3)c(=O)n2[C@H]1c1ccc(OC)cc1. The average Bonchev–Trinajstić information content (AvgIpc) is 3.11. The number of hydrogen-bond acceptors (Lipinski definition) is 7. The van der Waals surface area contributed by atoms with E-state index < -0.39 is 12.0 Å². The second kappa shape index (κ2) is 10.0. The molecule has 0 bridgehead atoms. The van der Waals surface area contributed by atoms with Gasteiger partial charge in [0, 0.05) is 0 Å². The number of esters is 1. The molecule has 1 atom stereocenters. The molecule has 4 rings (SSSR count). The highest BCUT2D eigenvalue weighted by Crippen LogP contribution is 2.32. The van der Waals surface area contributed by atoms with Crippen molar-refractivity contribution in [2.24, 2.45) is 4.99 Å².